The number of hydrogen-bond acceptors (Lipinski definition) is 3. The highest BCUT2D eigenvalue weighted by atomic mass is 32.1. The first-order chi connectivity index (χ1) is 10.6. The van der Waals surface area contributed by atoms with E-state index in [9.17, 15) is 4.79 Å². The summed E-state index contributed by atoms with van der Waals surface area (Å²) in [7, 11) is 0. The highest BCUT2D eigenvalue weighted by Crippen LogP contribution is 2.08. The van der Waals surface area contributed by atoms with E-state index in [4.69, 9.17) is 18.0 Å². The van der Waals surface area contributed by atoms with Crippen LogP contribution in [0.2, 0.25) is 0 Å². The first-order valence-corrected chi connectivity index (χ1v) is 8.44. The first kappa shape index (κ1) is 16.9. The Labute approximate surface area is 138 Å². The van der Waals surface area contributed by atoms with Crippen molar-refractivity contribution in [3.05, 3.63) is 35.4 Å². The van der Waals surface area contributed by atoms with Crippen LogP contribution >= 0.6 is 12.2 Å². The molecule has 1 aliphatic heterocycles. The lowest BCUT2D eigenvalue weighted by Gasteiger charge is -2.14. The molecule has 1 heterocycles. The smallest absolute Gasteiger partial charge is 0.251 e. The van der Waals surface area contributed by atoms with E-state index in [0.29, 0.717) is 17.0 Å². The van der Waals surface area contributed by atoms with Gasteiger partial charge in [0, 0.05) is 18.5 Å². The van der Waals surface area contributed by atoms with Gasteiger partial charge in [0.05, 0.1) is 4.99 Å². The van der Waals surface area contributed by atoms with Gasteiger partial charge in [-0.15, -0.1) is 0 Å². The molecule has 1 aliphatic rings. The van der Waals surface area contributed by atoms with Crippen molar-refractivity contribution in [3.8, 4) is 0 Å². The average Bonchev–Trinajstić information content (AvgIpc) is 3.00. The second-order valence-electron chi connectivity index (χ2n) is 5.85. The third kappa shape index (κ3) is 5.73. The second kappa shape index (κ2) is 8.86. The maximum Gasteiger partial charge on any atom is 0.251 e. The summed E-state index contributed by atoms with van der Waals surface area (Å²) in [5.74, 6) is -0.0111. The number of likely N-dealkylation sites (tertiary alicyclic amines) is 1. The molecule has 0 radical (unpaired) electrons. The van der Waals surface area contributed by atoms with Crippen LogP contribution in [-0.4, -0.2) is 42.0 Å². The molecular formula is C17H25N3OS. The van der Waals surface area contributed by atoms with E-state index in [2.05, 4.69) is 10.2 Å². The van der Waals surface area contributed by atoms with Crippen molar-refractivity contribution in [2.24, 2.45) is 5.73 Å². The highest BCUT2D eigenvalue weighted by Gasteiger charge is 2.10. The molecule has 0 saturated carbocycles. The zero-order valence-corrected chi connectivity index (χ0v) is 13.8. The van der Waals surface area contributed by atoms with Gasteiger partial charge in [0.2, 0.25) is 0 Å². The normalized spacial score (nSPS) is 14.9. The fraction of sp³-hybridized carbons (Fsp3) is 0.529. The fourth-order valence-electron chi connectivity index (χ4n) is 2.75. The topological polar surface area (TPSA) is 58.4 Å². The number of amides is 1. The van der Waals surface area contributed by atoms with E-state index in [1.165, 1.54) is 25.9 Å². The minimum Gasteiger partial charge on any atom is -0.393 e. The summed E-state index contributed by atoms with van der Waals surface area (Å²) in [6.07, 6.45) is 5.42. The molecule has 4 nitrogen and oxygen atoms in total. The van der Waals surface area contributed by atoms with E-state index in [-0.39, 0.29) is 5.91 Å². The number of unbranched alkanes of at least 4 members (excludes halogenated alkanes) is 1. The maximum atomic E-state index is 12.0. The van der Waals surface area contributed by atoms with Crippen LogP contribution in [0.15, 0.2) is 24.3 Å². The zero-order valence-electron chi connectivity index (χ0n) is 13.0. The molecule has 1 saturated heterocycles. The predicted octanol–water partition coefficient (Wildman–Crippen LogP) is 2.12. The number of benzene rings is 1. The van der Waals surface area contributed by atoms with Gasteiger partial charge in [0.1, 0.15) is 0 Å². The monoisotopic (exact) mass is 319 g/mol. The van der Waals surface area contributed by atoms with Crippen molar-refractivity contribution in [2.45, 2.75) is 32.1 Å². The highest BCUT2D eigenvalue weighted by molar-refractivity contribution is 7.80. The Bertz CT molecular complexity index is 495. The number of rotatable bonds is 8. The van der Waals surface area contributed by atoms with Crippen molar-refractivity contribution >= 4 is 23.1 Å². The van der Waals surface area contributed by atoms with Gasteiger partial charge >= 0.3 is 0 Å². The van der Waals surface area contributed by atoms with Crippen LogP contribution in [0.3, 0.4) is 0 Å². The van der Waals surface area contributed by atoms with Gasteiger partial charge in [-0.3, -0.25) is 4.79 Å². The Morgan fingerprint density at radius 3 is 2.50 bits per heavy atom. The molecule has 1 aromatic rings. The zero-order chi connectivity index (χ0) is 15.8. The minimum absolute atomic E-state index is 0.0111. The van der Waals surface area contributed by atoms with Gasteiger partial charge in [-0.25, -0.2) is 0 Å². The Morgan fingerprint density at radius 2 is 1.86 bits per heavy atom. The van der Waals surface area contributed by atoms with Gasteiger partial charge in [-0.1, -0.05) is 24.4 Å². The Hall–Kier alpha value is -1.46. The van der Waals surface area contributed by atoms with Crippen molar-refractivity contribution in [2.75, 3.05) is 26.2 Å². The fourth-order valence-corrected chi connectivity index (χ4v) is 2.91. The summed E-state index contributed by atoms with van der Waals surface area (Å²) in [4.78, 5) is 15.0. The van der Waals surface area contributed by atoms with Crippen molar-refractivity contribution in [1.29, 1.82) is 0 Å². The summed E-state index contributed by atoms with van der Waals surface area (Å²) in [5, 5.41) is 2.98. The average molecular weight is 319 g/mol. The third-order valence-electron chi connectivity index (χ3n) is 3.98. The second-order valence-corrected chi connectivity index (χ2v) is 6.38. The Morgan fingerprint density at radius 1 is 1.18 bits per heavy atom. The number of carbonyl (C=O) groups excluding carboxylic acids is 1. The molecule has 2 rings (SSSR count). The number of thiocarbonyl (C=S) groups is 1. The molecule has 22 heavy (non-hydrogen) atoms. The lowest BCUT2D eigenvalue weighted by molar-refractivity contribution is 0.0952. The number of hydrogen-bond donors (Lipinski definition) is 2. The van der Waals surface area contributed by atoms with Gasteiger partial charge in [0.15, 0.2) is 0 Å². The predicted molar refractivity (Wildman–Crippen MR) is 94.2 cm³/mol. The van der Waals surface area contributed by atoms with Crippen molar-refractivity contribution in [1.82, 2.24) is 10.2 Å². The van der Waals surface area contributed by atoms with Crippen LogP contribution < -0.4 is 11.1 Å². The molecule has 0 spiro atoms. The van der Waals surface area contributed by atoms with E-state index < -0.39 is 0 Å². The molecule has 3 N–H and O–H groups in total. The van der Waals surface area contributed by atoms with Crippen LogP contribution in [0.1, 0.15) is 41.6 Å². The Kier molecular flexibility index (Phi) is 6.80. The largest absolute Gasteiger partial charge is 0.393 e. The van der Waals surface area contributed by atoms with Crippen LogP contribution in [0.25, 0.3) is 0 Å². The molecule has 0 aromatic heterocycles. The number of nitrogens with one attached hydrogen (secondary N) is 1. The lowest BCUT2D eigenvalue weighted by Crippen LogP contribution is -2.26. The summed E-state index contributed by atoms with van der Waals surface area (Å²) in [6.45, 7) is 4.38. The third-order valence-corrected chi connectivity index (χ3v) is 4.12. The van der Waals surface area contributed by atoms with E-state index >= 15 is 0 Å². The molecule has 5 heteroatoms. The number of carbonyl (C=O) groups is 1. The first-order valence-electron chi connectivity index (χ1n) is 8.03. The quantitative estimate of drug-likeness (QED) is 0.569. The van der Waals surface area contributed by atoms with Gasteiger partial charge in [-0.2, -0.15) is 0 Å². The van der Waals surface area contributed by atoms with Crippen LogP contribution in [0, 0.1) is 0 Å². The Balaban J connectivity index is 1.64. The molecule has 1 aromatic carbocycles. The SMILES string of the molecule is NC(=S)Cc1ccc(C(=O)NCCCCN2CCCC2)cc1. The van der Waals surface area contributed by atoms with Gasteiger partial charge < -0.3 is 16.0 Å². The van der Waals surface area contributed by atoms with Gasteiger partial charge in [-0.05, 0) is 63.0 Å². The van der Waals surface area contributed by atoms with E-state index in [1.807, 2.05) is 24.3 Å². The molecule has 0 atom stereocenters. The molecule has 0 unspecified atom stereocenters. The summed E-state index contributed by atoms with van der Waals surface area (Å²) in [6, 6.07) is 7.46. The van der Waals surface area contributed by atoms with Crippen LogP contribution in [0.5, 0.6) is 0 Å². The minimum atomic E-state index is -0.0111. The van der Waals surface area contributed by atoms with Crippen LogP contribution in [0.4, 0.5) is 0 Å². The van der Waals surface area contributed by atoms with Crippen molar-refractivity contribution in [3.63, 3.8) is 0 Å². The summed E-state index contributed by atoms with van der Waals surface area (Å²) >= 11 is 4.88. The van der Waals surface area contributed by atoms with E-state index in [1.54, 1.807) is 0 Å². The van der Waals surface area contributed by atoms with Gasteiger partial charge in [0.25, 0.3) is 5.91 Å². The summed E-state index contributed by atoms with van der Waals surface area (Å²) in [5.41, 5.74) is 7.23. The molecule has 1 fully saturated rings. The summed E-state index contributed by atoms with van der Waals surface area (Å²) < 4.78 is 0. The van der Waals surface area contributed by atoms with E-state index in [0.717, 1.165) is 31.5 Å². The lowest BCUT2D eigenvalue weighted by atomic mass is 10.1. The molecule has 120 valence electrons. The molecule has 0 bridgehead atoms. The standard InChI is InChI=1S/C17H25N3OS/c18-16(22)13-14-5-7-15(8-6-14)17(21)19-9-1-2-10-20-11-3-4-12-20/h5-8H,1-4,9-13H2,(H2,18,22)(H,19,21). The maximum absolute atomic E-state index is 12.0. The molecule has 1 amide bonds. The molecule has 0 aliphatic carbocycles. The number of nitrogens with zero attached hydrogens (tertiary/aromatic N) is 1. The number of nitrogens with two attached hydrogens (primary N) is 1. The van der Waals surface area contributed by atoms with Crippen molar-refractivity contribution < 1.29 is 4.79 Å². The van der Waals surface area contributed by atoms with Crippen LogP contribution in [-0.2, 0) is 6.42 Å². The molecular weight excluding hydrogens is 294 g/mol.